The summed E-state index contributed by atoms with van der Waals surface area (Å²) in [5.74, 6) is -0.191. The lowest BCUT2D eigenvalue weighted by molar-refractivity contribution is -0.944. The maximum atomic E-state index is 10.6. The van der Waals surface area contributed by atoms with Crippen LogP contribution in [-0.4, -0.2) is 54.8 Å². The Hall–Kier alpha value is -0.920. The highest BCUT2D eigenvalue weighted by atomic mass is 32.2. The molecule has 0 spiro atoms. The van der Waals surface area contributed by atoms with Crippen LogP contribution >= 0.6 is 0 Å². The molecule has 7 heteroatoms. The Morgan fingerprint density at radius 3 is 1.86 bits per heavy atom. The average Bonchev–Trinajstić information content (AvgIpc) is 2.45. The molecular formula is C14H28N2O4S. The Labute approximate surface area is 128 Å². The summed E-state index contributed by atoms with van der Waals surface area (Å²) in [4.78, 5) is 10.1. The quantitative estimate of drug-likeness (QED) is 0.564. The van der Waals surface area contributed by atoms with E-state index in [9.17, 15) is 17.8 Å². The van der Waals surface area contributed by atoms with Gasteiger partial charge in [-0.15, -0.1) is 0 Å². The minimum absolute atomic E-state index is 0.0509. The molecule has 1 unspecified atom stereocenters. The van der Waals surface area contributed by atoms with Crippen LogP contribution in [0.5, 0.6) is 0 Å². The number of nitrogens with zero attached hydrogens (tertiary/aromatic N) is 1. The van der Waals surface area contributed by atoms with Crippen molar-refractivity contribution in [1.29, 1.82) is 0 Å². The fourth-order valence-corrected chi connectivity index (χ4v) is 3.10. The van der Waals surface area contributed by atoms with Crippen LogP contribution in [0.25, 0.3) is 0 Å². The largest absolute Gasteiger partial charge is 0.748 e. The van der Waals surface area contributed by atoms with Gasteiger partial charge in [-0.3, -0.25) is 4.79 Å². The van der Waals surface area contributed by atoms with Crippen LogP contribution in [0.4, 0.5) is 0 Å². The number of carbonyl (C=O) groups is 1. The molecule has 124 valence electrons. The van der Waals surface area contributed by atoms with Gasteiger partial charge in [0.2, 0.25) is 0 Å². The van der Waals surface area contributed by atoms with Crippen LogP contribution in [0.1, 0.15) is 41.0 Å². The lowest BCUT2D eigenvalue weighted by Gasteiger charge is -2.41. The highest BCUT2D eigenvalue weighted by molar-refractivity contribution is 7.85. The Morgan fingerprint density at radius 2 is 1.67 bits per heavy atom. The summed E-state index contributed by atoms with van der Waals surface area (Å²) in [6, 6.07) is 0.230. The Bertz CT molecular complexity index is 459. The van der Waals surface area contributed by atoms with Crippen LogP contribution in [0, 0.1) is 0 Å². The molecule has 0 bridgehead atoms. The van der Waals surface area contributed by atoms with E-state index in [2.05, 4.69) is 26.1 Å². The number of rotatable bonds is 7. The van der Waals surface area contributed by atoms with Crippen molar-refractivity contribution >= 4 is 16.0 Å². The van der Waals surface area contributed by atoms with Crippen molar-refractivity contribution < 1.29 is 22.2 Å². The zero-order valence-electron chi connectivity index (χ0n) is 13.7. The monoisotopic (exact) mass is 320 g/mol. The third-order valence-electron chi connectivity index (χ3n) is 4.39. The first-order valence-corrected chi connectivity index (χ1v) is 8.96. The van der Waals surface area contributed by atoms with Crippen LogP contribution in [0.15, 0.2) is 11.8 Å². The molecule has 0 aromatic carbocycles. The van der Waals surface area contributed by atoms with E-state index in [4.69, 9.17) is 0 Å². The second-order valence-corrected chi connectivity index (χ2v) is 6.89. The summed E-state index contributed by atoms with van der Waals surface area (Å²) in [5, 5.41) is 2.46. The summed E-state index contributed by atoms with van der Waals surface area (Å²) in [6.07, 6.45) is 2.14. The first-order chi connectivity index (χ1) is 9.61. The van der Waals surface area contributed by atoms with Crippen molar-refractivity contribution in [3.63, 3.8) is 0 Å². The second-order valence-electron chi connectivity index (χ2n) is 5.37. The molecule has 1 amide bonds. The number of amides is 1. The molecule has 1 rings (SSSR count). The number of carbonyl (C=O) groups excluding carboxylic acids is 1. The van der Waals surface area contributed by atoms with E-state index in [-0.39, 0.29) is 17.7 Å². The van der Waals surface area contributed by atoms with E-state index in [0.29, 0.717) is 6.42 Å². The summed E-state index contributed by atoms with van der Waals surface area (Å²) in [5.41, 5.74) is 0.815. The predicted octanol–water partition coefficient (Wildman–Crippen LogP) is 1.21. The molecule has 0 fully saturated rings. The molecule has 21 heavy (non-hydrogen) atoms. The van der Waals surface area contributed by atoms with Crippen LogP contribution < -0.4 is 5.32 Å². The topological polar surface area (TPSA) is 86.3 Å². The van der Waals surface area contributed by atoms with Gasteiger partial charge in [-0.25, -0.2) is 8.42 Å². The molecule has 1 aliphatic heterocycles. The summed E-state index contributed by atoms with van der Waals surface area (Å²) >= 11 is 0. The SMILES string of the molecule is CC1=CNC1=O.CC[N+](CC)(CC)C(C)CCS(=O)(=O)[O-]. The molecule has 0 radical (unpaired) electrons. The number of hydrogen-bond donors (Lipinski definition) is 1. The van der Waals surface area contributed by atoms with E-state index >= 15 is 0 Å². The lowest BCUT2D eigenvalue weighted by atomic mass is 10.1. The van der Waals surface area contributed by atoms with Gasteiger partial charge in [-0.1, -0.05) is 0 Å². The smallest absolute Gasteiger partial charge is 0.252 e. The van der Waals surface area contributed by atoms with Crippen molar-refractivity contribution in [3.8, 4) is 0 Å². The second kappa shape index (κ2) is 8.51. The molecule has 1 N–H and O–H groups in total. The molecule has 0 aliphatic carbocycles. The van der Waals surface area contributed by atoms with Gasteiger partial charge >= 0.3 is 0 Å². The van der Waals surface area contributed by atoms with Crippen molar-refractivity contribution in [1.82, 2.24) is 5.32 Å². The maximum absolute atomic E-state index is 10.6. The van der Waals surface area contributed by atoms with Crippen molar-refractivity contribution in [2.75, 3.05) is 25.4 Å². The molecule has 6 nitrogen and oxygen atoms in total. The molecule has 0 aromatic rings. The van der Waals surface area contributed by atoms with Gasteiger partial charge < -0.3 is 14.4 Å². The van der Waals surface area contributed by atoms with E-state index in [1.807, 2.05) is 6.92 Å². The van der Waals surface area contributed by atoms with Crippen molar-refractivity contribution in [2.24, 2.45) is 0 Å². The van der Waals surface area contributed by atoms with Crippen LogP contribution in [-0.2, 0) is 14.9 Å². The summed E-state index contributed by atoms with van der Waals surface area (Å²) in [7, 11) is -4.06. The molecule has 0 saturated heterocycles. The van der Waals surface area contributed by atoms with Crippen LogP contribution in [0.2, 0.25) is 0 Å². The molecular weight excluding hydrogens is 292 g/mol. The number of quaternary nitrogens is 1. The molecule has 0 aromatic heterocycles. The summed E-state index contributed by atoms with van der Waals surface area (Å²) in [6.45, 7) is 13.1. The minimum Gasteiger partial charge on any atom is -0.748 e. The lowest BCUT2D eigenvalue weighted by Crippen LogP contribution is -2.54. The normalized spacial score (nSPS) is 16.1. The van der Waals surface area contributed by atoms with Gasteiger partial charge in [0.1, 0.15) is 0 Å². The molecule has 1 atom stereocenters. The van der Waals surface area contributed by atoms with E-state index in [1.54, 1.807) is 13.1 Å². The summed E-state index contributed by atoms with van der Waals surface area (Å²) < 4.78 is 32.6. The minimum atomic E-state index is -4.06. The Kier molecular flexibility index (Phi) is 8.13. The Morgan fingerprint density at radius 1 is 1.24 bits per heavy atom. The van der Waals surface area contributed by atoms with Gasteiger partial charge in [0.15, 0.2) is 0 Å². The average molecular weight is 320 g/mol. The molecule has 0 saturated carbocycles. The molecule has 1 heterocycles. The first kappa shape index (κ1) is 20.1. The van der Waals surface area contributed by atoms with Gasteiger partial charge in [-0.05, 0) is 34.6 Å². The van der Waals surface area contributed by atoms with E-state index < -0.39 is 10.1 Å². The fourth-order valence-electron chi connectivity index (χ4n) is 2.47. The van der Waals surface area contributed by atoms with Crippen molar-refractivity contribution in [3.05, 3.63) is 11.8 Å². The highest BCUT2D eigenvalue weighted by Gasteiger charge is 2.28. The predicted molar refractivity (Wildman–Crippen MR) is 82.4 cm³/mol. The highest BCUT2D eigenvalue weighted by Crippen LogP contribution is 2.16. The van der Waals surface area contributed by atoms with Gasteiger partial charge in [0.25, 0.3) is 5.91 Å². The van der Waals surface area contributed by atoms with Crippen LogP contribution in [0.3, 0.4) is 0 Å². The number of hydrogen-bond acceptors (Lipinski definition) is 4. The maximum Gasteiger partial charge on any atom is 0.252 e. The van der Waals surface area contributed by atoms with E-state index in [0.717, 1.165) is 29.7 Å². The van der Waals surface area contributed by atoms with Gasteiger partial charge in [-0.2, -0.15) is 0 Å². The molecule has 1 aliphatic rings. The van der Waals surface area contributed by atoms with Gasteiger partial charge in [0.05, 0.1) is 35.8 Å². The van der Waals surface area contributed by atoms with Gasteiger partial charge in [0, 0.05) is 23.9 Å². The first-order valence-electron chi connectivity index (χ1n) is 7.38. The third kappa shape index (κ3) is 6.58. The van der Waals surface area contributed by atoms with Crippen molar-refractivity contribution in [2.45, 2.75) is 47.1 Å². The zero-order valence-corrected chi connectivity index (χ0v) is 14.5. The standard InChI is InChI=1S/C10H23NO3S.C4H5NO/c1-5-11(6-2,7-3)10(4)8-9-15(12,13)14;1-3-2-5-4(3)6/h10H,5-9H2,1-4H3;2H,1H3,(H,5,6). The fraction of sp³-hybridized carbons (Fsp3) is 0.786. The van der Waals surface area contributed by atoms with E-state index in [1.165, 1.54) is 0 Å². The zero-order chi connectivity index (χ0) is 16.7. The Balaban J connectivity index is 0.000000547. The number of nitrogens with one attached hydrogen (secondary N) is 1. The third-order valence-corrected chi connectivity index (χ3v) is 5.12.